The zero-order chi connectivity index (χ0) is 11.0. The first-order chi connectivity index (χ1) is 7.11. The van der Waals surface area contributed by atoms with Crippen molar-refractivity contribution in [2.24, 2.45) is 7.05 Å². The van der Waals surface area contributed by atoms with Gasteiger partial charge in [0.05, 0.1) is 5.52 Å². The van der Waals surface area contributed by atoms with Crippen LogP contribution in [0.1, 0.15) is 0 Å². The number of hydrogen-bond donors (Lipinski definition) is 1. The Bertz CT molecular complexity index is 644. The first-order valence-corrected chi connectivity index (χ1v) is 4.50. The average molecular weight is 202 g/mol. The highest BCUT2D eigenvalue weighted by atomic mass is 16.1. The van der Waals surface area contributed by atoms with Gasteiger partial charge < -0.3 is 10.3 Å². The minimum absolute atomic E-state index is 0.0290. The lowest BCUT2D eigenvalue weighted by molar-refractivity contribution is 0.915. The van der Waals surface area contributed by atoms with Gasteiger partial charge in [-0.2, -0.15) is 0 Å². The molecule has 2 rings (SSSR count). The van der Waals surface area contributed by atoms with Crippen LogP contribution in [0.2, 0.25) is 0 Å². The van der Waals surface area contributed by atoms with E-state index in [-0.39, 0.29) is 16.7 Å². The Kier molecular flexibility index (Phi) is 2.04. The van der Waals surface area contributed by atoms with Crippen molar-refractivity contribution in [3.05, 3.63) is 50.9 Å². The lowest BCUT2D eigenvalue weighted by Gasteiger charge is -1.97. The second-order valence-corrected chi connectivity index (χ2v) is 3.35. The third kappa shape index (κ3) is 1.40. The summed E-state index contributed by atoms with van der Waals surface area (Å²) in [6.07, 6.45) is 0. The van der Waals surface area contributed by atoms with Gasteiger partial charge >= 0.3 is 0 Å². The summed E-state index contributed by atoms with van der Waals surface area (Å²) in [6, 6.07) is 8.10. The van der Waals surface area contributed by atoms with Crippen molar-refractivity contribution in [2.75, 3.05) is 5.73 Å². The molecule has 0 aliphatic heterocycles. The van der Waals surface area contributed by atoms with E-state index < -0.39 is 0 Å². The molecule has 1 aromatic carbocycles. The van der Waals surface area contributed by atoms with Crippen molar-refractivity contribution in [1.82, 2.24) is 4.57 Å². The first-order valence-electron chi connectivity index (χ1n) is 4.50. The van der Waals surface area contributed by atoms with Gasteiger partial charge in [-0.3, -0.25) is 9.59 Å². The topological polar surface area (TPSA) is 65.1 Å². The quantitative estimate of drug-likeness (QED) is 0.675. The van der Waals surface area contributed by atoms with Gasteiger partial charge in [-0.05, 0) is 12.1 Å². The highest BCUT2D eigenvalue weighted by Crippen LogP contribution is 2.06. The Morgan fingerprint density at radius 3 is 2.60 bits per heavy atom. The van der Waals surface area contributed by atoms with Crippen LogP contribution < -0.4 is 16.7 Å². The van der Waals surface area contributed by atoms with E-state index in [2.05, 4.69) is 0 Å². The second kappa shape index (κ2) is 3.24. The highest BCUT2D eigenvalue weighted by molar-refractivity contribution is 5.78. The molecule has 2 N–H and O–H groups in total. The number of nitrogen functional groups attached to an aromatic ring is 1. The van der Waals surface area contributed by atoms with Gasteiger partial charge in [0.1, 0.15) is 5.69 Å². The number of nitrogens with two attached hydrogens (primary N) is 1. The van der Waals surface area contributed by atoms with Crippen LogP contribution in [0.5, 0.6) is 0 Å². The summed E-state index contributed by atoms with van der Waals surface area (Å²) in [5.41, 5.74) is 5.46. The standard InChI is InChI=1S/C11H10N2O2/c1-13-9-5-3-2-4-7(9)10(14)6-8(12)11(13)15/h2-6H,12H2,1H3. The fourth-order valence-electron chi connectivity index (χ4n) is 1.56. The molecule has 0 saturated heterocycles. The molecule has 4 heteroatoms. The number of anilines is 1. The van der Waals surface area contributed by atoms with Crippen molar-refractivity contribution in [3.8, 4) is 0 Å². The lowest BCUT2D eigenvalue weighted by Crippen LogP contribution is -2.17. The summed E-state index contributed by atoms with van der Waals surface area (Å²) in [6.45, 7) is 0. The molecule has 1 aromatic heterocycles. The average Bonchev–Trinajstić information content (AvgIpc) is 2.33. The second-order valence-electron chi connectivity index (χ2n) is 3.35. The van der Waals surface area contributed by atoms with Crippen LogP contribution in [0.25, 0.3) is 10.9 Å². The van der Waals surface area contributed by atoms with Gasteiger partial charge in [0.25, 0.3) is 5.56 Å². The summed E-state index contributed by atoms with van der Waals surface area (Å²) >= 11 is 0. The predicted octanol–water partition coefficient (Wildman–Crippen LogP) is 0.481. The Labute approximate surface area is 85.6 Å². The van der Waals surface area contributed by atoms with Gasteiger partial charge in [0, 0.05) is 18.5 Å². The van der Waals surface area contributed by atoms with E-state index in [0.717, 1.165) is 0 Å². The van der Waals surface area contributed by atoms with E-state index in [1.165, 1.54) is 10.6 Å². The molecule has 0 amide bonds. The molecule has 0 bridgehead atoms. The maximum Gasteiger partial charge on any atom is 0.274 e. The van der Waals surface area contributed by atoms with E-state index in [1.807, 2.05) is 0 Å². The van der Waals surface area contributed by atoms with Crippen molar-refractivity contribution in [3.63, 3.8) is 0 Å². The molecule has 15 heavy (non-hydrogen) atoms. The minimum Gasteiger partial charge on any atom is -0.394 e. The van der Waals surface area contributed by atoms with Crippen molar-refractivity contribution < 1.29 is 0 Å². The Balaban J connectivity index is 3.22. The molecule has 0 fully saturated rings. The van der Waals surface area contributed by atoms with Crippen LogP contribution in [-0.4, -0.2) is 4.57 Å². The molecule has 1 heterocycles. The molecule has 0 saturated carbocycles. The monoisotopic (exact) mass is 202 g/mol. The number of rotatable bonds is 0. The summed E-state index contributed by atoms with van der Waals surface area (Å²) < 4.78 is 1.38. The number of nitrogens with zero attached hydrogens (tertiary/aromatic N) is 1. The Morgan fingerprint density at radius 2 is 1.87 bits per heavy atom. The third-order valence-corrected chi connectivity index (χ3v) is 2.37. The normalized spacial score (nSPS) is 10.5. The van der Waals surface area contributed by atoms with E-state index in [4.69, 9.17) is 5.73 Å². The Hall–Kier alpha value is -2.10. The minimum atomic E-state index is -0.353. The lowest BCUT2D eigenvalue weighted by atomic mass is 10.2. The molecule has 0 radical (unpaired) electrons. The summed E-state index contributed by atoms with van der Waals surface area (Å²) in [5, 5.41) is 0.494. The van der Waals surface area contributed by atoms with Crippen LogP contribution in [0.4, 0.5) is 5.69 Å². The molecule has 76 valence electrons. The fraction of sp³-hybridized carbons (Fsp3) is 0.0909. The van der Waals surface area contributed by atoms with Gasteiger partial charge in [-0.25, -0.2) is 0 Å². The van der Waals surface area contributed by atoms with Crippen LogP contribution in [0, 0.1) is 0 Å². The highest BCUT2D eigenvalue weighted by Gasteiger charge is 2.03. The van der Waals surface area contributed by atoms with Gasteiger partial charge in [0.15, 0.2) is 5.43 Å². The first kappa shape index (κ1) is 9.45. The Morgan fingerprint density at radius 1 is 1.20 bits per heavy atom. The van der Waals surface area contributed by atoms with Crippen molar-refractivity contribution in [1.29, 1.82) is 0 Å². The molecule has 2 aromatic rings. The fourth-order valence-corrected chi connectivity index (χ4v) is 1.56. The smallest absolute Gasteiger partial charge is 0.274 e. The zero-order valence-electron chi connectivity index (χ0n) is 8.23. The van der Waals surface area contributed by atoms with Crippen LogP contribution in [0.3, 0.4) is 0 Å². The SMILES string of the molecule is Cn1c(=O)c(N)cc(=O)c2ccccc21. The predicted molar refractivity (Wildman–Crippen MR) is 59.9 cm³/mol. The summed E-state index contributed by atoms with van der Waals surface area (Å²) in [7, 11) is 1.60. The largest absolute Gasteiger partial charge is 0.394 e. The third-order valence-electron chi connectivity index (χ3n) is 2.37. The summed E-state index contributed by atoms with van der Waals surface area (Å²) in [4.78, 5) is 23.3. The number of hydrogen-bond acceptors (Lipinski definition) is 3. The number of fused-ring (bicyclic) bond motifs is 1. The number of aromatic nitrogens is 1. The van der Waals surface area contributed by atoms with Crippen molar-refractivity contribution in [2.45, 2.75) is 0 Å². The number of aryl methyl sites for hydroxylation is 1. The van der Waals surface area contributed by atoms with Crippen LogP contribution in [0.15, 0.2) is 39.9 Å². The number of benzene rings is 1. The van der Waals surface area contributed by atoms with Crippen LogP contribution >= 0.6 is 0 Å². The van der Waals surface area contributed by atoms with E-state index >= 15 is 0 Å². The van der Waals surface area contributed by atoms with Crippen LogP contribution in [-0.2, 0) is 7.05 Å². The van der Waals surface area contributed by atoms with E-state index in [9.17, 15) is 9.59 Å². The molecular weight excluding hydrogens is 192 g/mol. The van der Waals surface area contributed by atoms with E-state index in [0.29, 0.717) is 10.9 Å². The van der Waals surface area contributed by atoms with Gasteiger partial charge in [-0.15, -0.1) is 0 Å². The molecule has 0 unspecified atom stereocenters. The van der Waals surface area contributed by atoms with Gasteiger partial charge in [0.2, 0.25) is 0 Å². The number of para-hydroxylation sites is 1. The summed E-state index contributed by atoms with van der Waals surface area (Å²) in [5.74, 6) is 0. The molecule has 4 nitrogen and oxygen atoms in total. The van der Waals surface area contributed by atoms with E-state index in [1.54, 1.807) is 31.3 Å². The van der Waals surface area contributed by atoms with Gasteiger partial charge in [-0.1, -0.05) is 12.1 Å². The molecule has 0 atom stereocenters. The molecule has 0 aliphatic carbocycles. The maximum atomic E-state index is 11.7. The molecular formula is C11H10N2O2. The maximum absolute atomic E-state index is 11.7. The van der Waals surface area contributed by atoms with Crippen molar-refractivity contribution >= 4 is 16.6 Å². The zero-order valence-corrected chi connectivity index (χ0v) is 8.23. The molecule has 0 aliphatic rings. The molecule has 0 spiro atoms.